The Morgan fingerprint density at radius 2 is 2.00 bits per heavy atom. The number of carbonyl (C=O) groups excluding carboxylic acids is 1. The molecule has 3 aliphatic rings. The number of hydrogen-bond donors (Lipinski definition) is 1. The van der Waals surface area contributed by atoms with Crippen LogP contribution in [-0.2, 0) is 4.79 Å². The Balaban J connectivity index is 0.00000208. The lowest BCUT2D eigenvalue weighted by Crippen LogP contribution is -2.41. The van der Waals surface area contributed by atoms with Gasteiger partial charge >= 0.3 is 0 Å². The van der Waals surface area contributed by atoms with E-state index in [2.05, 4.69) is 17.1 Å². The minimum atomic E-state index is 0. The van der Waals surface area contributed by atoms with Crippen molar-refractivity contribution in [3.05, 3.63) is 0 Å². The number of nitrogens with one attached hydrogen (secondary N) is 1. The van der Waals surface area contributed by atoms with Crippen LogP contribution < -0.4 is 5.32 Å². The summed E-state index contributed by atoms with van der Waals surface area (Å²) in [6, 6.07) is 0. The molecule has 138 valence electrons. The first-order chi connectivity index (χ1) is 11.2. The molecule has 3 fully saturated rings. The number of amides is 1. The Morgan fingerprint density at radius 1 is 1.21 bits per heavy atom. The molecule has 2 heterocycles. The van der Waals surface area contributed by atoms with Gasteiger partial charge in [-0.1, -0.05) is 12.8 Å². The Bertz CT molecular complexity index is 448. The average molecular weight is 448 g/mol. The van der Waals surface area contributed by atoms with Gasteiger partial charge in [0.15, 0.2) is 5.96 Å². The smallest absolute Gasteiger partial charge is 0.222 e. The van der Waals surface area contributed by atoms with Crippen LogP contribution in [0.2, 0.25) is 0 Å². The van der Waals surface area contributed by atoms with Crippen molar-refractivity contribution < 1.29 is 4.79 Å². The molecule has 5 nitrogen and oxygen atoms in total. The van der Waals surface area contributed by atoms with E-state index in [1.807, 2.05) is 4.90 Å². The summed E-state index contributed by atoms with van der Waals surface area (Å²) in [6.07, 6.45) is 9.69. The first kappa shape index (κ1) is 19.8. The summed E-state index contributed by atoms with van der Waals surface area (Å²) in [5.41, 5.74) is 0.582. The van der Waals surface area contributed by atoms with Crippen molar-refractivity contribution in [3.63, 3.8) is 0 Å². The van der Waals surface area contributed by atoms with E-state index < -0.39 is 0 Å². The van der Waals surface area contributed by atoms with Crippen molar-refractivity contribution in [1.29, 1.82) is 0 Å². The number of carbonyl (C=O) groups is 1. The van der Waals surface area contributed by atoms with Gasteiger partial charge in [0, 0.05) is 45.7 Å². The number of halogens is 1. The molecule has 0 aromatic carbocycles. The van der Waals surface area contributed by atoms with E-state index >= 15 is 0 Å². The molecule has 1 amide bonds. The first-order valence-corrected chi connectivity index (χ1v) is 9.53. The van der Waals surface area contributed by atoms with Crippen LogP contribution in [0, 0.1) is 5.41 Å². The summed E-state index contributed by atoms with van der Waals surface area (Å²) in [7, 11) is 0. The van der Waals surface area contributed by atoms with E-state index in [1.54, 1.807) is 0 Å². The van der Waals surface area contributed by atoms with Crippen molar-refractivity contribution in [3.8, 4) is 0 Å². The Labute approximate surface area is 163 Å². The monoisotopic (exact) mass is 448 g/mol. The Morgan fingerprint density at radius 3 is 2.67 bits per heavy atom. The van der Waals surface area contributed by atoms with Crippen LogP contribution in [0.15, 0.2) is 4.99 Å². The van der Waals surface area contributed by atoms with E-state index in [-0.39, 0.29) is 24.0 Å². The summed E-state index contributed by atoms with van der Waals surface area (Å²) < 4.78 is 0. The Kier molecular flexibility index (Phi) is 7.62. The van der Waals surface area contributed by atoms with Gasteiger partial charge in [-0.25, -0.2) is 0 Å². The fourth-order valence-corrected chi connectivity index (χ4v) is 4.46. The minimum absolute atomic E-state index is 0. The lowest BCUT2D eigenvalue weighted by Gasteiger charge is -2.26. The maximum atomic E-state index is 11.6. The van der Waals surface area contributed by atoms with Crippen molar-refractivity contribution >= 4 is 35.8 Å². The lowest BCUT2D eigenvalue weighted by atomic mass is 9.86. The molecule has 1 N–H and O–H groups in total. The molecule has 2 aliphatic heterocycles. The van der Waals surface area contributed by atoms with Crippen LogP contribution in [0.5, 0.6) is 0 Å². The number of aliphatic imine (C=N–C) groups is 1. The second-order valence-electron chi connectivity index (χ2n) is 7.45. The molecule has 2 saturated heterocycles. The molecule has 24 heavy (non-hydrogen) atoms. The third-order valence-electron chi connectivity index (χ3n) is 5.76. The number of likely N-dealkylation sites (tertiary alicyclic amines) is 2. The van der Waals surface area contributed by atoms with Gasteiger partial charge in [0.05, 0.1) is 0 Å². The normalized spacial score (nSPS) is 23.2. The van der Waals surface area contributed by atoms with Gasteiger partial charge in [-0.15, -0.1) is 24.0 Å². The van der Waals surface area contributed by atoms with E-state index in [9.17, 15) is 4.79 Å². The Hall–Kier alpha value is -0.530. The quantitative estimate of drug-likeness (QED) is 0.305. The maximum Gasteiger partial charge on any atom is 0.222 e. The van der Waals surface area contributed by atoms with Gasteiger partial charge in [0.25, 0.3) is 0 Å². The van der Waals surface area contributed by atoms with Gasteiger partial charge in [-0.2, -0.15) is 0 Å². The first-order valence-electron chi connectivity index (χ1n) is 9.53. The third-order valence-corrected chi connectivity index (χ3v) is 5.76. The largest absolute Gasteiger partial charge is 0.357 e. The number of nitrogens with zero attached hydrogens (tertiary/aromatic N) is 3. The summed E-state index contributed by atoms with van der Waals surface area (Å²) in [6.45, 7) is 8.02. The van der Waals surface area contributed by atoms with E-state index in [0.29, 0.717) is 11.3 Å². The number of guanidine groups is 1. The number of hydrogen-bond acceptors (Lipinski definition) is 2. The fraction of sp³-hybridized carbons (Fsp3) is 0.889. The highest BCUT2D eigenvalue weighted by Gasteiger charge is 2.41. The van der Waals surface area contributed by atoms with Crippen LogP contribution in [0.4, 0.5) is 0 Å². The summed E-state index contributed by atoms with van der Waals surface area (Å²) >= 11 is 0. The summed E-state index contributed by atoms with van der Waals surface area (Å²) in [4.78, 5) is 20.9. The molecule has 0 bridgehead atoms. The van der Waals surface area contributed by atoms with Crippen LogP contribution in [0.3, 0.4) is 0 Å². The van der Waals surface area contributed by atoms with E-state index in [0.717, 1.165) is 57.9 Å². The summed E-state index contributed by atoms with van der Waals surface area (Å²) in [5.74, 6) is 1.41. The predicted molar refractivity (Wildman–Crippen MR) is 109 cm³/mol. The van der Waals surface area contributed by atoms with Crippen LogP contribution in [0.1, 0.15) is 58.3 Å². The zero-order valence-electron chi connectivity index (χ0n) is 15.1. The van der Waals surface area contributed by atoms with E-state index in [1.165, 1.54) is 38.6 Å². The van der Waals surface area contributed by atoms with Crippen LogP contribution in [-0.4, -0.2) is 60.9 Å². The number of rotatable bonds is 5. The molecule has 1 spiro atoms. The highest BCUT2D eigenvalue weighted by atomic mass is 127. The minimum Gasteiger partial charge on any atom is -0.357 e. The molecule has 1 aliphatic carbocycles. The predicted octanol–water partition coefficient (Wildman–Crippen LogP) is 2.85. The van der Waals surface area contributed by atoms with Crippen molar-refractivity contribution in [2.24, 2.45) is 10.4 Å². The second kappa shape index (κ2) is 9.25. The molecule has 1 saturated carbocycles. The molecule has 0 atom stereocenters. The second-order valence-corrected chi connectivity index (χ2v) is 7.45. The van der Waals surface area contributed by atoms with Gasteiger partial charge < -0.3 is 15.1 Å². The van der Waals surface area contributed by atoms with Crippen LogP contribution >= 0.6 is 24.0 Å². The standard InChI is InChI=1S/C18H32N4O.HI/c1-2-19-17(20-11-6-13-21-12-5-7-16(21)23)22-14-10-18(15-22)8-3-4-9-18;/h2-15H2,1H3,(H,19,20);1H. The highest BCUT2D eigenvalue weighted by Crippen LogP contribution is 2.45. The SMILES string of the molecule is CCNC(=NCCCN1CCCC1=O)N1CCC2(CCCC2)C1.I. The highest BCUT2D eigenvalue weighted by molar-refractivity contribution is 14.0. The molecular weight excluding hydrogens is 415 g/mol. The lowest BCUT2D eigenvalue weighted by molar-refractivity contribution is -0.127. The average Bonchev–Trinajstić information content (AvgIpc) is 3.27. The van der Waals surface area contributed by atoms with Crippen molar-refractivity contribution in [2.75, 3.05) is 39.3 Å². The van der Waals surface area contributed by atoms with Crippen molar-refractivity contribution in [1.82, 2.24) is 15.1 Å². The third kappa shape index (κ3) is 4.76. The van der Waals surface area contributed by atoms with E-state index in [4.69, 9.17) is 4.99 Å². The molecule has 0 aromatic heterocycles. The van der Waals surface area contributed by atoms with Gasteiger partial charge in [0.1, 0.15) is 0 Å². The van der Waals surface area contributed by atoms with Crippen LogP contribution in [0.25, 0.3) is 0 Å². The zero-order valence-corrected chi connectivity index (χ0v) is 17.4. The van der Waals surface area contributed by atoms with Gasteiger partial charge in [-0.3, -0.25) is 9.79 Å². The topological polar surface area (TPSA) is 47.9 Å². The molecule has 6 heteroatoms. The molecule has 0 radical (unpaired) electrons. The molecular formula is C18H33IN4O. The fourth-order valence-electron chi connectivity index (χ4n) is 4.46. The zero-order chi connectivity index (χ0) is 16.1. The maximum absolute atomic E-state index is 11.6. The molecule has 0 aromatic rings. The van der Waals surface area contributed by atoms with Crippen molar-refractivity contribution in [2.45, 2.75) is 58.3 Å². The molecule has 0 unspecified atom stereocenters. The summed E-state index contributed by atoms with van der Waals surface area (Å²) in [5, 5.41) is 3.46. The molecule has 3 rings (SSSR count). The van der Waals surface area contributed by atoms with Gasteiger partial charge in [-0.05, 0) is 44.4 Å². The van der Waals surface area contributed by atoms with Gasteiger partial charge in [0.2, 0.25) is 5.91 Å².